The number of imidazole rings is 1. The number of anilines is 1. The van der Waals surface area contributed by atoms with Crippen LogP contribution in [0.2, 0.25) is 0 Å². The van der Waals surface area contributed by atoms with Crippen LogP contribution < -0.4 is 20.6 Å². The van der Waals surface area contributed by atoms with E-state index in [-0.39, 0.29) is 11.7 Å². The van der Waals surface area contributed by atoms with E-state index in [4.69, 9.17) is 4.74 Å². The largest absolute Gasteiger partial charge is 0.491 e. The van der Waals surface area contributed by atoms with Crippen LogP contribution in [0.3, 0.4) is 0 Å². The number of hydrogen-bond donors (Lipinski definition) is 3. The van der Waals surface area contributed by atoms with Crippen molar-refractivity contribution in [3.63, 3.8) is 0 Å². The molecule has 2 aliphatic rings. The monoisotopic (exact) mass is 374 g/mol. The van der Waals surface area contributed by atoms with Crippen molar-refractivity contribution in [2.45, 2.75) is 6.04 Å². The Morgan fingerprint density at radius 1 is 1.18 bits per heavy atom. The quantitative estimate of drug-likeness (QED) is 0.468. The van der Waals surface area contributed by atoms with Gasteiger partial charge in [0.05, 0.1) is 28.0 Å². The van der Waals surface area contributed by atoms with Gasteiger partial charge in [0.2, 0.25) is 0 Å². The molecule has 0 unspecified atom stereocenters. The highest BCUT2D eigenvalue weighted by Gasteiger charge is 2.30. The standard InChI is InChI=1S/C20H18N6O2/c27-20-24-14-3-1-2-13(18(14)25-20)11-6-15-17-16(7-11)28-9-12-8-21-4-5-26(12)19(17)23-10-22-15/h1-3,6-7,10,12,21H,4-5,8-9H2,(H2,24,25,27)/t12-/m0/s1. The summed E-state index contributed by atoms with van der Waals surface area (Å²) in [6, 6.07) is 10.1. The van der Waals surface area contributed by atoms with E-state index >= 15 is 0 Å². The summed E-state index contributed by atoms with van der Waals surface area (Å²) in [5.41, 5.74) is 4.06. The van der Waals surface area contributed by atoms with Gasteiger partial charge in [0.15, 0.2) is 0 Å². The Labute approximate surface area is 159 Å². The number of fused-ring (bicyclic) bond motifs is 3. The summed E-state index contributed by atoms with van der Waals surface area (Å²) in [7, 11) is 0. The summed E-state index contributed by atoms with van der Waals surface area (Å²) in [5, 5.41) is 4.38. The van der Waals surface area contributed by atoms with E-state index in [1.807, 2.05) is 30.3 Å². The van der Waals surface area contributed by atoms with Gasteiger partial charge in [0.1, 0.15) is 24.5 Å². The predicted octanol–water partition coefficient (Wildman–Crippen LogP) is 1.64. The zero-order chi connectivity index (χ0) is 18.7. The number of benzene rings is 2. The minimum Gasteiger partial charge on any atom is -0.491 e. The van der Waals surface area contributed by atoms with Crippen LogP contribution in [0.25, 0.3) is 33.1 Å². The fraction of sp³-hybridized carbons (Fsp3) is 0.250. The second-order valence-corrected chi connectivity index (χ2v) is 7.24. The van der Waals surface area contributed by atoms with Gasteiger partial charge in [-0.05, 0) is 23.8 Å². The van der Waals surface area contributed by atoms with Gasteiger partial charge in [0.25, 0.3) is 0 Å². The molecule has 140 valence electrons. The molecule has 2 aliphatic heterocycles. The fourth-order valence-electron chi connectivity index (χ4n) is 4.30. The number of hydrogen-bond acceptors (Lipinski definition) is 6. The molecule has 8 nitrogen and oxygen atoms in total. The second kappa shape index (κ2) is 5.80. The lowest BCUT2D eigenvalue weighted by Gasteiger charge is -2.35. The van der Waals surface area contributed by atoms with E-state index in [1.165, 1.54) is 0 Å². The molecule has 1 saturated heterocycles. The molecular formula is C20H18N6O2. The van der Waals surface area contributed by atoms with E-state index in [1.54, 1.807) is 6.33 Å². The predicted molar refractivity (Wildman–Crippen MR) is 107 cm³/mol. The Morgan fingerprint density at radius 2 is 2.14 bits per heavy atom. The number of nitrogens with one attached hydrogen (secondary N) is 3. The Bertz CT molecular complexity index is 1280. The van der Waals surface area contributed by atoms with Gasteiger partial charge in [-0.2, -0.15) is 0 Å². The molecule has 2 aromatic carbocycles. The molecule has 0 saturated carbocycles. The molecule has 6 rings (SSSR count). The molecule has 3 N–H and O–H groups in total. The lowest BCUT2D eigenvalue weighted by atomic mass is 10.0. The molecule has 1 fully saturated rings. The van der Waals surface area contributed by atoms with Crippen molar-refractivity contribution in [3.05, 3.63) is 47.1 Å². The normalized spacial score (nSPS) is 18.7. The molecular weight excluding hydrogens is 356 g/mol. The van der Waals surface area contributed by atoms with Crippen molar-refractivity contribution in [2.24, 2.45) is 0 Å². The molecule has 2 aromatic heterocycles. The Hall–Kier alpha value is -3.39. The van der Waals surface area contributed by atoms with Crippen LogP contribution in [-0.2, 0) is 0 Å². The van der Waals surface area contributed by atoms with Crippen LogP contribution in [0.4, 0.5) is 5.82 Å². The number of ether oxygens (including phenoxy) is 1. The molecule has 0 aliphatic carbocycles. The van der Waals surface area contributed by atoms with Gasteiger partial charge in [-0.15, -0.1) is 0 Å². The Balaban J connectivity index is 1.60. The molecule has 0 spiro atoms. The number of para-hydroxylation sites is 1. The lowest BCUT2D eigenvalue weighted by molar-refractivity contribution is 0.274. The number of aromatic nitrogens is 4. The van der Waals surface area contributed by atoms with E-state index < -0.39 is 0 Å². The zero-order valence-electron chi connectivity index (χ0n) is 15.0. The summed E-state index contributed by atoms with van der Waals surface area (Å²) >= 11 is 0. The third kappa shape index (κ3) is 2.24. The number of aromatic amines is 2. The SMILES string of the molecule is O=c1[nH]c2cccc(-c3cc4c5c(ncnc5c3)N3CCNC[C@H]3CO4)c2[nH]1. The molecule has 0 amide bonds. The van der Waals surface area contributed by atoms with Crippen LogP contribution in [0.5, 0.6) is 5.75 Å². The lowest BCUT2D eigenvalue weighted by Crippen LogP contribution is -2.53. The minimum atomic E-state index is -0.216. The first-order valence-electron chi connectivity index (χ1n) is 9.38. The summed E-state index contributed by atoms with van der Waals surface area (Å²) in [4.78, 5) is 28.9. The first-order chi connectivity index (χ1) is 13.8. The highest BCUT2D eigenvalue weighted by atomic mass is 16.5. The highest BCUT2D eigenvalue weighted by Crippen LogP contribution is 2.40. The number of H-pyrrole nitrogens is 2. The van der Waals surface area contributed by atoms with Crippen LogP contribution in [0.1, 0.15) is 0 Å². The summed E-state index contributed by atoms with van der Waals surface area (Å²) < 4.78 is 6.23. The van der Waals surface area contributed by atoms with Crippen LogP contribution in [0, 0.1) is 0 Å². The Morgan fingerprint density at radius 3 is 3.11 bits per heavy atom. The number of nitrogens with zero attached hydrogens (tertiary/aromatic N) is 3. The van der Waals surface area contributed by atoms with Crippen LogP contribution in [0.15, 0.2) is 41.5 Å². The molecule has 8 heteroatoms. The summed E-state index contributed by atoms with van der Waals surface area (Å²) in [5.74, 6) is 1.72. The van der Waals surface area contributed by atoms with Gasteiger partial charge >= 0.3 is 5.69 Å². The third-order valence-corrected chi connectivity index (χ3v) is 5.60. The maximum Gasteiger partial charge on any atom is 0.323 e. The first-order valence-corrected chi connectivity index (χ1v) is 9.38. The van der Waals surface area contributed by atoms with Crippen molar-refractivity contribution < 1.29 is 4.74 Å². The van der Waals surface area contributed by atoms with Crippen LogP contribution >= 0.6 is 0 Å². The molecule has 28 heavy (non-hydrogen) atoms. The van der Waals surface area contributed by atoms with Gasteiger partial charge in [-0.1, -0.05) is 12.1 Å². The molecule has 0 radical (unpaired) electrons. The second-order valence-electron chi connectivity index (χ2n) is 7.24. The van der Waals surface area contributed by atoms with E-state index in [2.05, 4.69) is 30.2 Å². The molecule has 1 atom stereocenters. The van der Waals surface area contributed by atoms with Crippen LogP contribution in [-0.4, -0.2) is 52.2 Å². The first kappa shape index (κ1) is 15.6. The van der Waals surface area contributed by atoms with Gasteiger partial charge < -0.3 is 24.9 Å². The van der Waals surface area contributed by atoms with Crippen molar-refractivity contribution in [1.29, 1.82) is 0 Å². The number of piperazine rings is 1. The van der Waals surface area contributed by atoms with Gasteiger partial charge in [-0.25, -0.2) is 14.8 Å². The summed E-state index contributed by atoms with van der Waals surface area (Å²) in [6.45, 7) is 3.28. The number of rotatable bonds is 1. The zero-order valence-corrected chi connectivity index (χ0v) is 15.0. The van der Waals surface area contributed by atoms with E-state index in [0.29, 0.717) is 6.61 Å². The van der Waals surface area contributed by atoms with Crippen molar-refractivity contribution in [2.75, 3.05) is 31.1 Å². The smallest absolute Gasteiger partial charge is 0.323 e. The maximum atomic E-state index is 11.8. The molecule has 4 heterocycles. The highest BCUT2D eigenvalue weighted by molar-refractivity contribution is 6.01. The van der Waals surface area contributed by atoms with Crippen molar-refractivity contribution in [3.8, 4) is 16.9 Å². The average Bonchev–Trinajstić information content (AvgIpc) is 3.03. The van der Waals surface area contributed by atoms with E-state index in [9.17, 15) is 4.79 Å². The minimum absolute atomic E-state index is 0.216. The van der Waals surface area contributed by atoms with Crippen molar-refractivity contribution >= 4 is 27.8 Å². The molecule has 4 aromatic rings. The Kier molecular flexibility index (Phi) is 3.24. The van der Waals surface area contributed by atoms with Gasteiger partial charge in [-0.3, -0.25) is 0 Å². The average molecular weight is 374 g/mol. The third-order valence-electron chi connectivity index (χ3n) is 5.60. The van der Waals surface area contributed by atoms with Gasteiger partial charge in [0, 0.05) is 25.2 Å². The van der Waals surface area contributed by atoms with E-state index in [0.717, 1.165) is 64.3 Å². The fourth-order valence-corrected chi connectivity index (χ4v) is 4.30. The topological polar surface area (TPSA) is 98.9 Å². The molecule has 0 bridgehead atoms. The van der Waals surface area contributed by atoms with Crippen molar-refractivity contribution in [1.82, 2.24) is 25.3 Å². The maximum absolute atomic E-state index is 11.8. The summed E-state index contributed by atoms with van der Waals surface area (Å²) in [6.07, 6.45) is 1.62.